The van der Waals surface area contributed by atoms with Crippen molar-refractivity contribution in [1.82, 2.24) is 9.97 Å². The van der Waals surface area contributed by atoms with E-state index in [4.69, 9.17) is 30.3 Å². The van der Waals surface area contributed by atoms with Crippen molar-refractivity contribution in [2.24, 2.45) is 14.7 Å². The molecule has 12 heteroatoms. The van der Waals surface area contributed by atoms with Crippen molar-refractivity contribution >= 4 is 65.1 Å². The third kappa shape index (κ3) is 5.59. The average Bonchev–Trinajstić information content (AvgIpc) is 3.25. The molecule has 57 heavy (non-hydrogen) atoms. The lowest BCUT2D eigenvalue weighted by Crippen LogP contribution is -2.48. The summed E-state index contributed by atoms with van der Waals surface area (Å²) >= 11 is 8.38. The summed E-state index contributed by atoms with van der Waals surface area (Å²) in [5, 5.41) is 17.3. The zero-order valence-corrected chi connectivity index (χ0v) is 32.2. The number of rotatable bonds is 4. The van der Waals surface area contributed by atoms with Crippen molar-refractivity contribution in [1.29, 1.82) is 10.8 Å². The lowest BCUT2D eigenvalue weighted by atomic mass is 9.96. The van der Waals surface area contributed by atoms with Gasteiger partial charge in [-0.1, -0.05) is 73.7 Å². The average molecular weight is 781 g/mol. The van der Waals surface area contributed by atoms with Gasteiger partial charge < -0.3 is 19.3 Å². The molecule has 0 amide bonds. The largest absolute Gasteiger partial charge is 0.457 e. The number of thiol groups is 2. The highest BCUT2D eigenvalue weighted by Gasteiger charge is 2.31. The molecule has 0 radical (unpaired) electrons. The first-order valence-electron chi connectivity index (χ1n) is 18.3. The van der Waals surface area contributed by atoms with Crippen LogP contribution in [0.4, 0.5) is 28.4 Å². The molecule has 2 N–H and O–H groups in total. The highest BCUT2D eigenvalue weighted by atomic mass is 32.1. The first kappa shape index (κ1) is 34.7. The van der Waals surface area contributed by atoms with Crippen LogP contribution in [-0.4, -0.2) is 9.97 Å². The van der Waals surface area contributed by atoms with Crippen LogP contribution in [0.15, 0.2) is 154 Å². The van der Waals surface area contributed by atoms with E-state index in [0.29, 0.717) is 22.4 Å². The number of nitrogens with zero attached hydrogens (tertiary/aromatic N) is 6. The molecule has 0 bridgehead atoms. The Labute approximate surface area is 337 Å². The monoisotopic (exact) mass is 780 g/mol. The summed E-state index contributed by atoms with van der Waals surface area (Å²) in [6.45, 7) is 2.18. The topological polar surface area (TPSA) is 123 Å². The molecule has 2 aliphatic heterocycles. The van der Waals surface area contributed by atoms with Crippen LogP contribution in [0.2, 0.25) is 0 Å². The third-order valence-corrected chi connectivity index (χ3v) is 10.9. The normalized spacial score (nSPS) is 16.2. The van der Waals surface area contributed by atoms with Crippen LogP contribution in [0.3, 0.4) is 0 Å². The maximum absolute atomic E-state index is 8.70. The minimum atomic E-state index is -0.159. The smallest absolute Gasteiger partial charge is 0.151 e. The lowest BCUT2D eigenvalue weighted by Gasteiger charge is -2.37. The van der Waals surface area contributed by atoms with Gasteiger partial charge >= 0.3 is 0 Å². The molecule has 3 aliphatic rings. The second-order valence-corrected chi connectivity index (χ2v) is 14.3. The fourth-order valence-corrected chi connectivity index (χ4v) is 8.16. The van der Waals surface area contributed by atoms with Gasteiger partial charge in [-0.3, -0.25) is 10.8 Å². The van der Waals surface area contributed by atoms with Gasteiger partial charge in [0.15, 0.2) is 17.2 Å². The van der Waals surface area contributed by atoms with Crippen molar-refractivity contribution in [3.8, 4) is 39.8 Å². The van der Waals surface area contributed by atoms with E-state index in [1.807, 2.05) is 103 Å². The Morgan fingerprint density at radius 1 is 0.596 bits per heavy atom. The van der Waals surface area contributed by atoms with Crippen LogP contribution in [0.1, 0.15) is 13.3 Å². The van der Waals surface area contributed by atoms with Crippen LogP contribution in [0.5, 0.6) is 17.2 Å². The van der Waals surface area contributed by atoms with E-state index in [1.54, 1.807) is 0 Å². The van der Waals surface area contributed by atoms with Crippen LogP contribution >= 0.6 is 25.6 Å². The SMILES string of the molecule is CC1CC=CC2=C1Oc1ccccc1N2c1ccc(-c2nc3c(=NS)c(=N)c(=N)c(=NS)c3nc2-c2ccc(N3c4ccccc4Oc4ccccc43)cc2)cc1. The Bertz CT molecular complexity index is 3060. The van der Waals surface area contributed by atoms with Crippen molar-refractivity contribution in [3.05, 3.63) is 166 Å². The summed E-state index contributed by atoms with van der Waals surface area (Å²) in [6.07, 6.45) is 5.24. The molecule has 0 saturated carbocycles. The minimum absolute atomic E-state index is 0.137. The number of anilines is 5. The molecular weight excluding hydrogens is 749 g/mol. The number of aromatic nitrogens is 2. The summed E-state index contributed by atoms with van der Waals surface area (Å²) in [4.78, 5) is 14.7. The number of ether oxygens (including phenoxy) is 2. The molecule has 276 valence electrons. The maximum Gasteiger partial charge on any atom is 0.151 e. The van der Waals surface area contributed by atoms with Gasteiger partial charge in [-0.15, -0.1) is 0 Å². The summed E-state index contributed by atoms with van der Waals surface area (Å²) in [5.41, 5.74) is 9.03. The van der Waals surface area contributed by atoms with Crippen molar-refractivity contribution in [2.45, 2.75) is 13.3 Å². The number of benzene rings is 6. The number of fused-ring (bicyclic) bond motifs is 4. The van der Waals surface area contributed by atoms with Crippen molar-refractivity contribution in [3.63, 3.8) is 0 Å². The molecule has 10 nitrogen and oxygen atoms in total. The quantitative estimate of drug-likeness (QED) is 0.132. The molecular formula is C45H32N8O2S2. The Morgan fingerprint density at radius 2 is 1.04 bits per heavy atom. The minimum Gasteiger partial charge on any atom is -0.457 e. The van der Waals surface area contributed by atoms with Gasteiger partial charge in [0.1, 0.15) is 38.2 Å². The molecule has 0 saturated heterocycles. The number of nitrogens with one attached hydrogen (secondary N) is 2. The first-order valence-corrected chi connectivity index (χ1v) is 19.1. The maximum atomic E-state index is 8.70. The van der Waals surface area contributed by atoms with E-state index in [9.17, 15) is 0 Å². The van der Waals surface area contributed by atoms with Gasteiger partial charge in [0.25, 0.3) is 0 Å². The highest BCUT2D eigenvalue weighted by molar-refractivity contribution is 7.78. The zero-order chi connectivity index (χ0) is 38.8. The number of allylic oxidation sites excluding steroid dienone is 3. The van der Waals surface area contributed by atoms with Gasteiger partial charge in [0.2, 0.25) is 0 Å². The molecule has 0 fully saturated rings. The molecule has 1 aromatic heterocycles. The van der Waals surface area contributed by atoms with E-state index < -0.39 is 0 Å². The van der Waals surface area contributed by atoms with E-state index >= 15 is 0 Å². The molecule has 0 spiro atoms. The zero-order valence-electron chi connectivity index (χ0n) is 30.4. The second kappa shape index (κ2) is 13.8. The summed E-state index contributed by atoms with van der Waals surface area (Å²) in [6, 6.07) is 40.3. The standard InChI is InChI=1S/C45H32N8O2S2/c1-25-9-8-13-33-45(25)55-36-16-7-4-12-32(36)53(33)29-23-19-27(20-24-29)40-39(48-43-41(50-56)37(46)38(47)42(51-57)44(43)49-40)26-17-21-28(22-18-26)52-30-10-2-5-14-34(30)54-35-15-6-3-11-31(35)52/h2-8,10-25,46-47,56-57H,9H2,1H3. The lowest BCUT2D eigenvalue weighted by molar-refractivity contribution is 0.342. The van der Waals surface area contributed by atoms with Gasteiger partial charge in [-0.05, 0) is 98.8 Å². The van der Waals surface area contributed by atoms with Gasteiger partial charge in [-0.2, -0.15) is 0 Å². The van der Waals surface area contributed by atoms with E-state index in [2.05, 4.69) is 81.5 Å². The molecule has 6 aromatic carbocycles. The molecule has 1 unspecified atom stereocenters. The molecule has 1 aliphatic carbocycles. The van der Waals surface area contributed by atoms with E-state index in [1.165, 1.54) is 0 Å². The molecule has 10 rings (SSSR count). The van der Waals surface area contributed by atoms with Crippen LogP contribution in [0.25, 0.3) is 33.5 Å². The van der Waals surface area contributed by atoms with E-state index in [-0.39, 0.29) is 27.3 Å². The van der Waals surface area contributed by atoms with Crippen LogP contribution in [0, 0.1) is 16.7 Å². The van der Waals surface area contributed by atoms with Gasteiger partial charge in [0, 0.05) is 28.4 Å². The summed E-state index contributed by atoms with van der Waals surface area (Å²) in [5.74, 6) is 3.53. The van der Waals surface area contributed by atoms with Crippen LogP contribution in [-0.2, 0) is 0 Å². The predicted molar refractivity (Wildman–Crippen MR) is 228 cm³/mol. The van der Waals surface area contributed by atoms with Crippen LogP contribution < -0.4 is 40.7 Å². The Kier molecular flexibility index (Phi) is 8.38. The number of hydrogen-bond acceptors (Lipinski definition) is 12. The van der Waals surface area contributed by atoms with Crippen molar-refractivity contribution < 1.29 is 9.47 Å². The fourth-order valence-electron chi connectivity index (χ4n) is 7.77. The highest BCUT2D eigenvalue weighted by Crippen LogP contribution is 2.50. The molecule has 1 atom stereocenters. The van der Waals surface area contributed by atoms with Gasteiger partial charge in [0.05, 0.1) is 34.1 Å². The van der Waals surface area contributed by atoms with Gasteiger partial charge in [-0.25, -0.2) is 18.8 Å². The Hall–Kier alpha value is -6.76. The molecule has 3 heterocycles. The Morgan fingerprint density at radius 3 is 1.53 bits per heavy atom. The fraction of sp³-hybridized carbons (Fsp3) is 0.0667. The molecule has 7 aromatic rings. The van der Waals surface area contributed by atoms with E-state index in [0.717, 1.165) is 74.7 Å². The summed E-state index contributed by atoms with van der Waals surface area (Å²) in [7, 11) is 0. The second-order valence-electron chi connectivity index (χ2n) is 13.9. The predicted octanol–water partition coefficient (Wildman–Crippen LogP) is 9.20. The Balaban J connectivity index is 1.14. The first-order chi connectivity index (χ1) is 27.9. The number of para-hydroxylation sites is 6. The third-order valence-electron chi connectivity index (χ3n) is 10.5. The number of hydrogen-bond donors (Lipinski definition) is 4. The van der Waals surface area contributed by atoms with Crippen molar-refractivity contribution in [2.75, 3.05) is 9.80 Å². The summed E-state index contributed by atoms with van der Waals surface area (Å²) < 4.78 is 20.9.